The SMILES string of the molecule is CC(=O)c1cccc(Nc2ncnc(N3CCC(C(=O)O)CC3)c2[N+](=O)[O-])c1. The van der Waals surface area contributed by atoms with Crippen LogP contribution >= 0.6 is 0 Å². The average Bonchev–Trinajstić information content (AvgIpc) is 2.68. The second-order valence-corrected chi connectivity index (χ2v) is 6.51. The first-order chi connectivity index (χ1) is 13.4. The van der Waals surface area contributed by atoms with Crippen molar-refractivity contribution >= 4 is 34.8 Å². The summed E-state index contributed by atoms with van der Waals surface area (Å²) in [4.78, 5) is 43.6. The molecule has 1 saturated heterocycles. The molecule has 1 aliphatic heterocycles. The lowest BCUT2D eigenvalue weighted by Gasteiger charge is -2.30. The third kappa shape index (κ3) is 4.05. The van der Waals surface area contributed by atoms with Crippen molar-refractivity contribution in [1.29, 1.82) is 0 Å². The normalized spacial score (nSPS) is 14.5. The summed E-state index contributed by atoms with van der Waals surface area (Å²) in [5, 5.41) is 23.7. The molecular weight excluding hydrogens is 366 g/mol. The Labute approximate surface area is 160 Å². The highest BCUT2D eigenvalue weighted by Gasteiger charge is 2.31. The molecule has 0 spiro atoms. The molecule has 0 unspecified atom stereocenters. The highest BCUT2D eigenvalue weighted by atomic mass is 16.6. The number of hydrogen-bond acceptors (Lipinski definition) is 8. The molecule has 10 heteroatoms. The predicted molar refractivity (Wildman–Crippen MR) is 101 cm³/mol. The molecule has 0 atom stereocenters. The second kappa shape index (κ2) is 7.99. The van der Waals surface area contributed by atoms with Gasteiger partial charge >= 0.3 is 11.7 Å². The van der Waals surface area contributed by atoms with Crippen LogP contribution in [0.15, 0.2) is 30.6 Å². The molecule has 28 heavy (non-hydrogen) atoms. The molecule has 1 aliphatic rings. The number of carbonyl (C=O) groups excluding carboxylic acids is 1. The summed E-state index contributed by atoms with van der Waals surface area (Å²) in [6.07, 6.45) is 2.00. The fourth-order valence-electron chi connectivity index (χ4n) is 3.15. The summed E-state index contributed by atoms with van der Waals surface area (Å²) in [6.45, 7) is 2.15. The lowest BCUT2D eigenvalue weighted by atomic mass is 9.97. The number of hydrogen-bond donors (Lipinski definition) is 2. The van der Waals surface area contributed by atoms with Gasteiger partial charge < -0.3 is 15.3 Å². The number of carboxylic acids is 1. The van der Waals surface area contributed by atoms with E-state index in [1.54, 1.807) is 29.2 Å². The fraction of sp³-hybridized carbons (Fsp3) is 0.333. The third-order valence-corrected chi connectivity index (χ3v) is 4.66. The van der Waals surface area contributed by atoms with Gasteiger partial charge in [0.1, 0.15) is 6.33 Å². The summed E-state index contributed by atoms with van der Waals surface area (Å²) in [6, 6.07) is 6.59. The van der Waals surface area contributed by atoms with Gasteiger partial charge in [-0.15, -0.1) is 0 Å². The molecule has 0 saturated carbocycles. The molecule has 1 aromatic carbocycles. The van der Waals surface area contributed by atoms with E-state index in [1.165, 1.54) is 13.3 Å². The molecule has 3 rings (SSSR count). The molecule has 0 aliphatic carbocycles. The van der Waals surface area contributed by atoms with E-state index in [-0.39, 0.29) is 23.1 Å². The molecule has 1 aromatic heterocycles. The largest absolute Gasteiger partial charge is 0.481 e. The van der Waals surface area contributed by atoms with Crippen LogP contribution in [0.3, 0.4) is 0 Å². The van der Waals surface area contributed by atoms with Crippen molar-refractivity contribution in [3.8, 4) is 0 Å². The first-order valence-corrected chi connectivity index (χ1v) is 8.72. The van der Waals surface area contributed by atoms with Crippen LogP contribution in [0.1, 0.15) is 30.1 Å². The van der Waals surface area contributed by atoms with Gasteiger partial charge in [-0.25, -0.2) is 9.97 Å². The molecule has 10 nitrogen and oxygen atoms in total. The molecule has 2 heterocycles. The van der Waals surface area contributed by atoms with Crippen molar-refractivity contribution in [2.24, 2.45) is 5.92 Å². The standard InChI is InChI=1S/C18H19N5O5/c1-11(24)13-3-2-4-14(9-13)21-16-15(23(27)28)17(20-10-19-16)22-7-5-12(6-8-22)18(25)26/h2-4,9-10,12H,5-8H2,1H3,(H,25,26)(H,19,20,21). The number of rotatable bonds is 6. The average molecular weight is 385 g/mol. The Hall–Kier alpha value is -3.56. The topological polar surface area (TPSA) is 139 Å². The van der Waals surface area contributed by atoms with Gasteiger partial charge in [0.2, 0.25) is 11.6 Å². The Morgan fingerprint density at radius 3 is 2.61 bits per heavy atom. The number of aromatic nitrogens is 2. The Morgan fingerprint density at radius 2 is 2.00 bits per heavy atom. The molecule has 0 radical (unpaired) electrons. The molecule has 2 N–H and O–H groups in total. The van der Waals surface area contributed by atoms with Gasteiger partial charge in [-0.3, -0.25) is 19.7 Å². The summed E-state index contributed by atoms with van der Waals surface area (Å²) in [5.41, 5.74) is 0.673. The Bertz CT molecular complexity index is 924. The molecule has 1 fully saturated rings. The van der Waals surface area contributed by atoms with Crippen molar-refractivity contribution in [1.82, 2.24) is 9.97 Å². The van der Waals surface area contributed by atoms with Gasteiger partial charge in [-0.2, -0.15) is 0 Å². The van der Waals surface area contributed by atoms with Gasteiger partial charge in [-0.05, 0) is 31.9 Å². The van der Waals surface area contributed by atoms with Crippen LogP contribution in [0.4, 0.5) is 23.0 Å². The maximum absolute atomic E-state index is 11.7. The second-order valence-electron chi connectivity index (χ2n) is 6.51. The number of aliphatic carboxylic acids is 1. The molecule has 0 bridgehead atoms. The lowest BCUT2D eigenvalue weighted by molar-refractivity contribution is -0.383. The Kier molecular flexibility index (Phi) is 5.48. The minimum Gasteiger partial charge on any atom is -0.481 e. The van der Waals surface area contributed by atoms with Gasteiger partial charge in [0.15, 0.2) is 5.78 Å². The van der Waals surface area contributed by atoms with Crippen molar-refractivity contribution in [3.05, 3.63) is 46.3 Å². The summed E-state index contributed by atoms with van der Waals surface area (Å²) in [5.74, 6) is -1.28. The number of Topliss-reactive ketones (excluding diaryl/α,β-unsaturated/α-hetero) is 1. The number of carbonyl (C=O) groups is 2. The zero-order valence-electron chi connectivity index (χ0n) is 15.2. The fourth-order valence-corrected chi connectivity index (χ4v) is 3.15. The summed E-state index contributed by atoms with van der Waals surface area (Å²) < 4.78 is 0. The Morgan fingerprint density at radius 1 is 1.29 bits per heavy atom. The van der Waals surface area contributed by atoms with Crippen LogP contribution in [0.25, 0.3) is 0 Å². The maximum atomic E-state index is 11.7. The van der Waals surface area contributed by atoms with Crippen molar-refractivity contribution in [2.45, 2.75) is 19.8 Å². The van der Waals surface area contributed by atoms with Crippen LogP contribution in [0.5, 0.6) is 0 Å². The first kappa shape index (κ1) is 19.2. The predicted octanol–water partition coefficient (Wildman–Crippen LogP) is 2.63. The smallest absolute Gasteiger partial charge is 0.353 e. The van der Waals surface area contributed by atoms with Gasteiger partial charge in [0.05, 0.1) is 10.8 Å². The number of ketones is 1. The van der Waals surface area contributed by atoms with Crippen LogP contribution in [0, 0.1) is 16.0 Å². The van der Waals surface area contributed by atoms with Crippen molar-refractivity contribution in [3.63, 3.8) is 0 Å². The number of nitrogens with zero attached hydrogens (tertiary/aromatic N) is 4. The number of nitro groups is 1. The molecule has 2 aromatic rings. The number of benzene rings is 1. The van der Waals surface area contributed by atoms with E-state index in [0.29, 0.717) is 37.2 Å². The van der Waals surface area contributed by atoms with Gasteiger partial charge in [-0.1, -0.05) is 12.1 Å². The Balaban J connectivity index is 1.90. The van der Waals surface area contributed by atoms with Crippen LogP contribution in [-0.4, -0.2) is 44.8 Å². The highest BCUT2D eigenvalue weighted by Crippen LogP contribution is 2.35. The van der Waals surface area contributed by atoms with E-state index in [0.717, 1.165) is 0 Å². The number of piperidine rings is 1. The summed E-state index contributed by atoms with van der Waals surface area (Å²) >= 11 is 0. The van der Waals surface area contributed by atoms with E-state index in [1.807, 2.05) is 0 Å². The maximum Gasteiger partial charge on any atom is 0.353 e. The highest BCUT2D eigenvalue weighted by molar-refractivity contribution is 5.95. The zero-order chi connectivity index (χ0) is 20.3. The molecule has 0 amide bonds. The molecular formula is C18H19N5O5. The summed E-state index contributed by atoms with van der Waals surface area (Å²) in [7, 11) is 0. The van der Waals surface area contributed by atoms with E-state index in [4.69, 9.17) is 5.11 Å². The zero-order valence-corrected chi connectivity index (χ0v) is 15.2. The van der Waals surface area contributed by atoms with Crippen LogP contribution < -0.4 is 10.2 Å². The third-order valence-electron chi connectivity index (χ3n) is 4.66. The number of nitrogens with one attached hydrogen (secondary N) is 1. The minimum absolute atomic E-state index is 0.0102. The first-order valence-electron chi connectivity index (χ1n) is 8.72. The lowest BCUT2D eigenvalue weighted by Crippen LogP contribution is -2.37. The van der Waals surface area contributed by atoms with Gasteiger partial charge in [0, 0.05) is 24.3 Å². The quantitative estimate of drug-likeness (QED) is 0.436. The van der Waals surface area contributed by atoms with E-state index in [9.17, 15) is 19.7 Å². The van der Waals surface area contributed by atoms with Crippen LogP contribution in [-0.2, 0) is 4.79 Å². The monoisotopic (exact) mass is 385 g/mol. The number of anilines is 3. The van der Waals surface area contributed by atoms with E-state index < -0.39 is 16.8 Å². The van der Waals surface area contributed by atoms with Crippen molar-refractivity contribution in [2.75, 3.05) is 23.3 Å². The molecule has 146 valence electrons. The number of carboxylic acid groups (broad SMARTS) is 1. The van der Waals surface area contributed by atoms with Gasteiger partial charge in [0.25, 0.3) is 0 Å². The van der Waals surface area contributed by atoms with Crippen molar-refractivity contribution < 1.29 is 19.6 Å². The van der Waals surface area contributed by atoms with Crippen LogP contribution in [0.2, 0.25) is 0 Å². The van der Waals surface area contributed by atoms with E-state index in [2.05, 4.69) is 15.3 Å². The van der Waals surface area contributed by atoms with E-state index >= 15 is 0 Å². The minimum atomic E-state index is -0.857.